The van der Waals surface area contributed by atoms with E-state index in [1.807, 2.05) is 0 Å². The first-order chi connectivity index (χ1) is 5.31. The Morgan fingerprint density at radius 2 is 2.64 bits per heavy atom. The minimum atomic E-state index is -0.399. The lowest BCUT2D eigenvalue weighted by Crippen LogP contribution is -1.98. The number of esters is 1. The molecule has 1 atom stereocenters. The summed E-state index contributed by atoms with van der Waals surface area (Å²) in [4.78, 5) is 10.7. The van der Waals surface area contributed by atoms with Crippen LogP contribution in [0.3, 0.4) is 0 Å². The van der Waals surface area contributed by atoms with Gasteiger partial charge in [0.1, 0.15) is 5.76 Å². The smallest absolute Gasteiger partial charge is 0.335 e. The Labute approximate surface area is 64.3 Å². The molecule has 2 aliphatic rings. The summed E-state index contributed by atoms with van der Waals surface area (Å²) in [5.74, 6) is 1.16. The summed E-state index contributed by atoms with van der Waals surface area (Å²) in [7, 11) is 0. The van der Waals surface area contributed by atoms with Crippen molar-refractivity contribution in [3.05, 3.63) is 24.2 Å². The maximum atomic E-state index is 10.7. The summed E-state index contributed by atoms with van der Waals surface area (Å²) >= 11 is 0. The lowest BCUT2D eigenvalue weighted by molar-refractivity contribution is -0.134. The second-order valence-electron chi connectivity index (χ2n) is 2.56. The first kappa shape index (κ1) is 6.46. The fourth-order valence-corrected chi connectivity index (χ4v) is 1.20. The van der Waals surface area contributed by atoms with E-state index in [2.05, 4.69) is 6.58 Å². The van der Waals surface area contributed by atoms with Gasteiger partial charge in [-0.1, -0.05) is 6.58 Å². The van der Waals surface area contributed by atoms with Crippen LogP contribution >= 0.6 is 0 Å². The summed E-state index contributed by atoms with van der Waals surface area (Å²) < 4.78 is 9.99. The predicted molar refractivity (Wildman–Crippen MR) is 37.4 cm³/mol. The van der Waals surface area contributed by atoms with Crippen molar-refractivity contribution in [2.75, 3.05) is 0 Å². The fourth-order valence-electron chi connectivity index (χ4n) is 1.20. The van der Waals surface area contributed by atoms with Crippen LogP contribution in [0.5, 0.6) is 0 Å². The molecule has 1 saturated heterocycles. The second kappa shape index (κ2) is 2.12. The summed E-state index contributed by atoms with van der Waals surface area (Å²) in [6.45, 7) is 3.30. The molecule has 0 aromatic carbocycles. The normalized spacial score (nSPS) is 25.6. The third kappa shape index (κ3) is 1.02. The summed E-state index contributed by atoms with van der Waals surface area (Å²) in [6, 6.07) is 0. The molecule has 0 aromatic rings. The second-order valence-corrected chi connectivity index (χ2v) is 2.56. The summed E-state index contributed by atoms with van der Waals surface area (Å²) in [5, 5.41) is 0. The van der Waals surface area contributed by atoms with Crippen molar-refractivity contribution < 1.29 is 14.3 Å². The molecular formula is C8H8O3. The lowest BCUT2D eigenvalue weighted by Gasteiger charge is -2.00. The Morgan fingerprint density at radius 1 is 1.82 bits per heavy atom. The monoisotopic (exact) mass is 152 g/mol. The van der Waals surface area contributed by atoms with Crippen molar-refractivity contribution in [3.63, 3.8) is 0 Å². The molecule has 1 fully saturated rings. The molecule has 2 rings (SSSR count). The summed E-state index contributed by atoms with van der Waals surface area (Å²) in [6.07, 6.45) is 3.18. The molecule has 1 heterocycles. The number of carbonyl (C=O) groups is 1. The number of carbonyl (C=O) groups excluding carboxylic acids is 1. The number of epoxide rings is 1. The van der Waals surface area contributed by atoms with Gasteiger partial charge in [-0.15, -0.1) is 0 Å². The van der Waals surface area contributed by atoms with Crippen LogP contribution in [0.4, 0.5) is 0 Å². The van der Waals surface area contributed by atoms with E-state index >= 15 is 0 Å². The molecule has 1 aliphatic heterocycles. The van der Waals surface area contributed by atoms with Crippen molar-refractivity contribution in [3.8, 4) is 0 Å². The van der Waals surface area contributed by atoms with Crippen LogP contribution in [-0.2, 0) is 14.3 Å². The van der Waals surface area contributed by atoms with Crippen LogP contribution in [0, 0.1) is 0 Å². The van der Waals surface area contributed by atoms with Crippen LogP contribution in [0.1, 0.15) is 12.8 Å². The minimum Gasteiger partial charge on any atom is -0.479 e. The standard InChI is InChI=1S/C8H8O3/c1-2-7(9)10-5-3-4-6-8(5)11-6/h2,6H,1,3-4H2. The van der Waals surface area contributed by atoms with Gasteiger partial charge in [0.25, 0.3) is 0 Å². The van der Waals surface area contributed by atoms with E-state index in [0.29, 0.717) is 5.76 Å². The molecule has 0 radical (unpaired) electrons. The van der Waals surface area contributed by atoms with E-state index in [9.17, 15) is 4.79 Å². The first-order valence-electron chi connectivity index (χ1n) is 3.55. The van der Waals surface area contributed by atoms with Crippen molar-refractivity contribution in [2.45, 2.75) is 18.9 Å². The van der Waals surface area contributed by atoms with Crippen LogP contribution in [0.2, 0.25) is 0 Å². The Kier molecular flexibility index (Phi) is 1.24. The molecule has 0 spiro atoms. The number of rotatable bonds is 2. The Balaban J connectivity index is 2.02. The van der Waals surface area contributed by atoms with Crippen molar-refractivity contribution in [1.29, 1.82) is 0 Å². The van der Waals surface area contributed by atoms with Gasteiger partial charge in [-0.2, -0.15) is 0 Å². The zero-order valence-corrected chi connectivity index (χ0v) is 6.00. The van der Waals surface area contributed by atoms with Crippen molar-refractivity contribution >= 4 is 5.97 Å². The van der Waals surface area contributed by atoms with Crippen molar-refractivity contribution in [2.24, 2.45) is 0 Å². The van der Waals surface area contributed by atoms with Gasteiger partial charge in [0.15, 0.2) is 11.9 Å². The number of hydrogen-bond donors (Lipinski definition) is 0. The quantitative estimate of drug-likeness (QED) is 0.338. The molecule has 0 bridgehead atoms. The highest BCUT2D eigenvalue weighted by Gasteiger charge is 2.43. The van der Waals surface area contributed by atoms with Gasteiger partial charge in [-0.25, -0.2) is 4.79 Å². The van der Waals surface area contributed by atoms with E-state index in [1.165, 1.54) is 0 Å². The maximum absolute atomic E-state index is 10.7. The highest BCUT2D eigenvalue weighted by molar-refractivity contribution is 5.82. The average Bonchev–Trinajstić information content (AvgIpc) is 2.70. The van der Waals surface area contributed by atoms with Crippen LogP contribution < -0.4 is 0 Å². The SMILES string of the molecule is C=CC(=O)OC1=C2OC2CC1. The molecular weight excluding hydrogens is 144 g/mol. The van der Waals surface area contributed by atoms with Gasteiger partial charge >= 0.3 is 5.97 Å². The highest BCUT2D eigenvalue weighted by Crippen LogP contribution is 2.42. The summed E-state index contributed by atoms with van der Waals surface area (Å²) in [5.41, 5.74) is 0. The van der Waals surface area contributed by atoms with E-state index in [0.717, 1.165) is 24.7 Å². The Bertz CT molecular complexity index is 252. The van der Waals surface area contributed by atoms with E-state index in [1.54, 1.807) is 0 Å². The molecule has 58 valence electrons. The topological polar surface area (TPSA) is 38.8 Å². The van der Waals surface area contributed by atoms with E-state index in [-0.39, 0.29) is 6.10 Å². The molecule has 3 nitrogen and oxygen atoms in total. The molecule has 0 saturated carbocycles. The Morgan fingerprint density at radius 3 is 3.09 bits per heavy atom. The van der Waals surface area contributed by atoms with E-state index < -0.39 is 5.97 Å². The van der Waals surface area contributed by atoms with Gasteiger partial charge in [0, 0.05) is 12.5 Å². The molecule has 0 amide bonds. The maximum Gasteiger partial charge on any atom is 0.335 e. The number of ether oxygens (including phenoxy) is 2. The molecule has 0 N–H and O–H groups in total. The third-order valence-electron chi connectivity index (χ3n) is 1.80. The average molecular weight is 152 g/mol. The number of allylic oxidation sites excluding steroid dienone is 1. The van der Waals surface area contributed by atoms with Crippen molar-refractivity contribution in [1.82, 2.24) is 0 Å². The van der Waals surface area contributed by atoms with Gasteiger partial charge < -0.3 is 9.47 Å². The highest BCUT2D eigenvalue weighted by atomic mass is 16.6. The predicted octanol–water partition coefficient (Wildman–Crippen LogP) is 1.12. The number of fused-ring (bicyclic) bond motifs is 1. The van der Waals surface area contributed by atoms with E-state index in [4.69, 9.17) is 9.47 Å². The van der Waals surface area contributed by atoms with Crippen LogP contribution in [0.25, 0.3) is 0 Å². The first-order valence-corrected chi connectivity index (χ1v) is 3.55. The molecule has 1 unspecified atom stereocenters. The largest absolute Gasteiger partial charge is 0.479 e. The van der Waals surface area contributed by atoms with Gasteiger partial charge in [-0.05, 0) is 6.42 Å². The fraction of sp³-hybridized carbons (Fsp3) is 0.375. The lowest BCUT2D eigenvalue weighted by atomic mass is 10.3. The number of hydrogen-bond acceptors (Lipinski definition) is 3. The zero-order valence-electron chi connectivity index (χ0n) is 6.00. The van der Waals surface area contributed by atoms with Crippen LogP contribution in [0.15, 0.2) is 24.2 Å². The molecule has 0 aromatic heterocycles. The van der Waals surface area contributed by atoms with Gasteiger partial charge in [0.05, 0.1) is 0 Å². The molecule has 11 heavy (non-hydrogen) atoms. The Hall–Kier alpha value is -1.25. The molecule has 3 heteroatoms. The van der Waals surface area contributed by atoms with Gasteiger partial charge in [0.2, 0.25) is 0 Å². The van der Waals surface area contributed by atoms with Crippen LogP contribution in [-0.4, -0.2) is 12.1 Å². The van der Waals surface area contributed by atoms with Gasteiger partial charge in [-0.3, -0.25) is 0 Å². The zero-order chi connectivity index (χ0) is 7.84. The minimum absolute atomic E-state index is 0.252. The molecule has 1 aliphatic carbocycles. The third-order valence-corrected chi connectivity index (χ3v) is 1.80.